The Morgan fingerprint density at radius 2 is 1.85 bits per heavy atom. The summed E-state index contributed by atoms with van der Waals surface area (Å²) in [6.07, 6.45) is 0.940. The molecule has 0 saturated carbocycles. The van der Waals surface area contributed by atoms with Crippen molar-refractivity contribution in [2.45, 2.75) is 4.90 Å². The predicted molar refractivity (Wildman–Crippen MR) is 46.2 cm³/mol. The largest absolute Gasteiger partial charge is 0.287 e. The molecule has 0 aliphatic carbocycles. The fraction of sp³-hybridized carbons (Fsp3) is 0.143. The van der Waals surface area contributed by atoms with E-state index in [-0.39, 0.29) is 10.6 Å². The average Bonchev–Trinajstić information content (AvgIpc) is 2.03. The third kappa shape index (κ3) is 2.03. The molecule has 0 bridgehead atoms. The molecule has 0 unspecified atom stereocenters. The molecule has 0 aliphatic heterocycles. The summed E-state index contributed by atoms with van der Waals surface area (Å²) in [5.74, 6) is 0. The van der Waals surface area contributed by atoms with Crippen molar-refractivity contribution in [2.75, 3.05) is 6.26 Å². The van der Waals surface area contributed by atoms with Gasteiger partial charge in [0.2, 0.25) is 0 Å². The molecular formula is C7H7NO4S. The second kappa shape index (κ2) is 3.14. The molecule has 0 aliphatic rings. The molecule has 0 heterocycles. The van der Waals surface area contributed by atoms with E-state index in [4.69, 9.17) is 0 Å². The van der Waals surface area contributed by atoms with Gasteiger partial charge in [-0.2, -0.15) is 0 Å². The van der Waals surface area contributed by atoms with Crippen molar-refractivity contribution in [1.82, 2.24) is 0 Å². The summed E-state index contributed by atoms with van der Waals surface area (Å²) in [4.78, 5) is 9.45. The zero-order valence-electron chi connectivity index (χ0n) is 6.80. The van der Waals surface area contributed by atoms with Gasteiger partial charge in [0.1, 0.15) is 4.90 Å². The van der Waals surface area contributed by atoms with Crippen LogP contribution in [0.25, 0.3) is 0 Å². The monoisotopic (exact) mass is 201 g/mol. The summed E-state index contributed by atoms with van der Waals surface area (Å²) in [6, 6.07) is 5.25. The standard InChI is InChI=1S/C7H7NO4S/c1-13(11,12)7-5-3-2-4-6(7)8(9)10/h2-5H,1H3. The van der Waals surface area contributed by atoms with Crippen LogP contribution in [0.15, 0.2) is 29.2 Å². The summed E-state index contributed by atoms with van der Waals surface area (Å²) < 4.78 is 22.1. The molecule has 0 amide bonds. The minimum absolute atomic E-state index is 0.250. The summed E-state index contributed by atoms with van der Waals surface area (Å²) >= 11 is 0. The van der Waals surface area contributed by atoms with E-state index in [1.807, 2.05) is 0 Å². The van der Waals surface area contributed by atoms with Crippen LogP contribution in [0, 0.1) is 10.1 Å². The van der Waals surface area contributed by atoms with Crippen molar-refractivity contribution in [3.8, 4) is 0 Å². The van der Waals surface area contributed by atoms with Crippen molar-refractivity contribution in [1.29, 1.82) is 0 Å². The molecule has 70 valence electrons. The Morgan fingerprint density at radius 1 is 1.31 bits per heavy atom. The van der Waals surface area contributed by atoms with Gasteiger partial charge in [-0.15, -0.1) is 0 Å². The number of rotatable bonds is 2. The van der Waals surface area contributed by atoms with Crippen molar-refractivity contribution in [2.24, 2.45) is 0 Å². The lowest BCUT2D eigenvalue weighted by atomic mass is 10.3. The van der Waals surface area contributed by atoms with Crippen LogP contribution in [0.4, 0.5) is 5.69 Å². The van der Waals surface area contributed by atoms with E-state index in [0.29, 0.717) is 0 Å². The van der Waals surface area contributed by atoms with Gasteiger partial charge in [-0.3, -0.25) is 10.1 Å². The van der Waals surface area contributed by atoms with Crippen molar-refractivity contribution in [3.63, 3.8) is 0 Å². The van der Waals surface area contributed by atoms with E-state index in [1.165, 1.54) is 18.2 Å². The lowest BCUT2D eigenvalue weighted by Crippen LogP contribution is -2.01. The molecule has 1 aromatic carbocycles. The van der Waals surface area contributed by atoms with E-state index < -0.39 is 14.8 Å². The van der Waals surface area contributed by atoms with E-state index in [2.05, 4.69) is 0 Å². The second-order valence-corrected chi connectivity index (χ2v) is 4.48. The molecule has 5 nitrogen and oxygen atoms in total. The topological polar surface area (TPSA) is 77.3 Å². The first-order valence-corrected chi connectivity index (χ1v) is 5.25. The quantitative estimate of drug-likeness (QED) is 0.528. The molecule has 0 N–H and O–H groups in total. The molecule has 13 heavy (non-hydrogen) atoms. The minimum atomic E-state index is -3.52. The molecule has 1 rings (SSSR count). The Hall–Kier alpha value is -1.43. The molecule has 6 heteroatoms. The van der Waals surface area contributed by atoms with E-state index in [9.17, 15) is 18.5 Å². The number of hydrogen-bond acceptors (Lipinski definition) is 4. The third-order valence-corrected chi connectivity index (χ3v) is 2.61. The zero-order chi connectivity index (χ0) is 10.1. The summed E-state index contributed by atoms with van der Waals surface area (Å²) in [7, 11) is -3.52. The van der Waals surface area contributed by atoms with Crippen LogP contribution in [-0.2, 0) is 9.84 Å². The molecule has 0 spiro atoms. The fourth-order valence-corrected chi connectivity index (χ4v) is 1.77. The normalized spacial score (nSPS) is 11.2. The van der Waals surface area contributed by atoms with Crippen molar-refractivity contribution < 1.29 is 13.3 Å². The highest BCUT2D eigenvalue weighted by molar-refractivity contribution is 7.90. The van der Waals surface area contributed by atoms with Gasteiger partial charge >= 0.3 is 0 Å². The maximum atomic E-state index is 11.1. The van der Waals surface area contributed by atoms with Gasteiger partial charge < -0.3 is 0 Å². The van der Waals surface area contributed by atoms with Gasteiger partial charge in [0.15, 0.2) is 9.84 Å². The van der Waals surface area contributed by atoms with Crippen LogP contribution >= 0.6 is 0 Å². The molecule has 0 fully saturated rings. The Bertz CT molecular complexity index is 438. The Kier molecular flexibility index (Phi) is 2.33. The Morgan fingerprint density at radius 3 is 2.23 bits per heavy atom. The van der Waals surface area contributed by atoms with Gasteiger partial charge in [-0.25, -0.2) is 8.42 Å². The van der Waals surface area contributed by atoms with E-state index in [1.54, 1.807) is 0 Å². The van der Waals surface area contributed by atoms with Crippen LogP contribution in [0.2, 0.25) is 0 Å². The predicted octanol–water partition coefficient (Wildman–Crippen LogP) is 0.998. The third-order valence-electron chi connectivity index (χ3n) is 1.46. The lowest BCUT2D eigenvalue weighted by molar-refractivity contribution is -0.387. The summed E-state index contributed by atoms with van der Waals surface area (Å²) in [6.45, 7) is 0. The van der Waals surface area contributed by atoms with Crippen LogP contribution in [0.3, 0.4) is 0 Å². The molecule has 0 aromatic heterocycles. The van der Waals surface area contributed by atoms with Gasteiger partial charge in [-0.1, -0.05) is 12.1 Å². The molecule has 1 aromatic rings. The van der Waals surface area contributed by atoms with Crippen molar-refractivity contribution in [3.05, 3.63) is 34.4 Å². The molecular weight excluding hydrogens is 194 g/mol. The highest BCUT2D eigenvalue weighted by atomic mass is 32.2. The van der Waals surface area contributed by atoms with Gasteiger partial charge in [-0.05, 0) is 6.07 Å². The number of nitrogens with zero attached hydrogens (tertiary/aromatic N) is 1. The molecule has 0 saturated heterocycles. The zero-order valence-corrected chi connectivity index (χ0v) is 7.61. The van der Waals surface area contributed by atoms with Crippen LogP contribution in [0.5, 0.6) is 0 Å². The number of nitro groups is 1. The number of hydrogen-bond donors (Lipinski definition) is 0. The fourth-order valence-electron chi connectivity index (χ4n) is 0.922. The Labute approximate surface area is 75.1 Å². The first kappa shape index (κ1) is 9.66. The molecule has 0 atom stereocenters. The van der Waals surface area contributed by atoms with E-state index in [0.717, 1.165) is 12.3 Å². The summed E-state index contributed by atoms with van der Waals surface area (Å²) in [5, 5.41) is 10.4. The Balaban J connectivity index is 3.46. The maximum absolute atomic E-state index is 11.1. The second-order valence-electron chi connectivity index (χ2n) is 2.50. The number of sulfone groups is 1. The average molecular weight is 201 g/mol. The highest BCUT2D eigenvalue weighted by Crippen LogP contribution is 2.22. The smallest absolute Gasteiger partial charge is 0.258 e. The van der Waals surface area contributed by atoms with Crippen molar-refractivity contribution >= 4 is 15.5 Å². The maximum Gasteiger partial charge on any atom is 0.287 e. The molecule has 0 radical (unpaired) electrons. The van der Waals surface area contributed by atoms with Gasteiger partial charge in [0.25, 0.3) is 5.69 Å². The number of benzene rings is 1. The first-order chi connectivity index (χ1) is 5.93. The summed E-state index contributed by atoms with van der Waals surface area (Å²) in [5.41, 5.74) is -0.384. The SMILES string of the molecule is CS(=O)(=O)c1ccccc1[N+](=O)[O-]. The van der Waals surface area contributed by atoms with Crippen LogP contribution in [0.1, 0.15) is 0 Å². The first-order valence-electron chi connectivity index (χ1n) is 3.36. The highest BCUT2D eigenvalue weighted by Gasteiger charge is 2.20. The van der Waals surface area contributed by atoms with Crippen LogP contribution in [-0.4, -0.2) is 19.6 Å². The minimum Gasteiger partial charge on any atom is -0.258 e. The number of para-hydroxylation sites is 1. The number of nitro benzene ring substituents is 1. The van der Waals surface area contributed by atoms with Gasteiger partial charge in [0.05, 0.1) is 4.92 Å². The van der Waals surface area contributed by atoms with Gasteiger partial charge in [0, 0.05) is 12.3 Å². The lowest BCUT2D eigenvalue weighted by Gasteiger charge is -1.98. The van der Waals surface area contributed by atoms with Crippen LogP contribution < -0.4 is 0 Å². The van der Waals surface area contributed by atoms with E-state index >= 15 is 0 Å².